The molecule has 1 fully saturated rings. The van der Waals surface area contributed by atoms with Gasteiger partial charge in [-0.3, -0.25) is 0 Å². The van der Waals surface area contributed by atoms with Gasteiger partial charge in [-0.2, -0.15) is 0 Å². The number of aromatic hydroxyl groups is 1. The lowest BCUT2D eigenvalue weighted by Crippen LogP contribution is -2.26. The number of anilines is 1. The summed E-state index contributed by atoms with van der Waals surface area (Å²) in [6.07, 6.45) is 2.96. The molecule has 3 N–H and O–H groups in total. The monoisotopic (exact) mass is 269 g/mol. The minimum atomic E-state index is -0.0137. The third-order valence-corrected chi connectivity index (χ3v) is 4.21. The number of hydrogen-bond donors (Lipinski definition) is 2. The molecule has 0 bridgehead atoms. The van der Waals surface area contributed by atoms with E-state index in [2.05, 4.69) is 10.2 Å². The minimum absolute atomic E-state index is 0.0137. The summed E-state index contributed by atoms with van der Waals surface area (Å²) in [6.45, 7) is 0.485. The molecule has 20 heavy (non-hydrogen) atoms. The summed E-state index contributed by atoms with van der Waals surface area (Å²) in [4.78, 5) is 0. The SMILES string of the molecule is Nc1nnc(-c2ccccc2O)c2c1CC1(CC1)OC2. The summed E-state index contributed by atoms with van der Waals surface area (Å²) in [5.41, 5.74) is 9.30. The van der Waals surface area contributed by atoms with Crippen LogP contribution in [0.3, 0.4) is 0 Å². The maximum atomic E-state index is 10.0. The van der Waals surface area contributed by atoms with Crippen LogP contribution in [0.1, 0.15) is 24.0 Å². The largest absolute Gasteiger partial charge is 0.507 e. The minimum Gasteiger partial charge on any atom is -0.507 e. The van der Waals surface area contributed by atoms with Crippen LogP contribution < -0.4 is 5.73 Å². The molecule has 0 amide bonds. The van der Waals surface area contributed by atoms with Crippen LogP contribution in [0.4, 0.5) is 5.82 Å². The van der Waals surface area contributed by atoms with E-state index in [0.29, 0.717) is 23.7 Å². The van der Waals surface area contributed by atoms with E-state index in [9.17, 15) is 5.11 Å². The van der Waals surface area contributed by atoms with Crippen LogP contribution in [0.5, 0.6) is 5.75 Å². The number of rotatable bonds is 1. The first-order valence-corrected chi connectivity index (χ1v) is 6.75. The first-order valence-electron chi connectivity index (χ1n) is 6.75. The lowest BCUT2D eigenvalue weighted by atomic mass is 9.94. The summed E-state index contributed by atoms with van der Waals surface area (Å²) in [5, 5.41) is 18.3. The summed E-state index contributed by atoms with van der Waals surface area (Å²) in [5.74, 6) is 0.675. The van der Waals surface area contributed by atoms with Crippen molar-refractivity contribution < 1.29 is 9.84 Å². The lowest BCUT2D eigenvalue weighted by Gasteiger charge is -2.27. The topological polar surface area (TPSA) is 81.3 Å². The maximum absolute atomic E-state index is 10.0. The summed E-state index contributed by atoms with van der Waals surface area (Å²) in [7, 11) is 0. The van der Waals surface area contributed by atoms with Gasteiger partial charge in [0.1, 0.15) is 17.3 Å². The van der Waals surface area contributed by atoms with Crippen molar-refractivity contribution in [3.63, 3.8) is 0 Å². The number of fused-ring (bicyclic) bond motifs is 1. The standard InChI is InChI=1S/C15H15N3O2/c16-14-10-7-15(5-6-15)20-8-11(10)13(17-18-14)9-3-1-2-4-12(9)19/h1-4,19H,5-8H2,(H2,16,18). The molecule has 0 unspecified atom stereocenters. The number of ether oxygens (including phenoxy) is 1. The van der Waals surface area contributed by atoms with Gasteiger partial charge in [-0.1, -0.05) is 12.1 Å². The molecule has 5 heteroatoms. The van der Waals surface area contributed by atoms with Gasteiger partial charge in [0.15, 0.2) is 0 Å². The normalized spacial score (nSPS) is 18.8. The molecule has 1 saturated carbocycles. The number of phenolic OH excluding ortho intramolecular Hbond substituents is 1. The fraction of sp³-hybridized carbons (Fsp3) is 0.333. The second-order valence-corrected chi connectivity index (χ2v) is 5.56. The van der Waals surface area contributed by atoms with E-state index in [1.165, 1.54) is 0 Å². The van der Waals surface area contributed by atoms with Crippen molar-refractivity contribution in [1.29, 1.82) is 0 Å². The third-order valence-electron chi connectivity index (χ3n) is 4.21. The highest BCUT2D eigenvalue weighted by Crippen LogP contribution is 2.48. The molecule has 1 spiro atoms. The number of nitrogens with two attached hydrogens (primary N) is 1. The number of aromatic nitrogens is 2. The first kappa shape index (κ1) is 11.7. The Labute approximate surface area is 116 Å². The molecule has 0 atom stereocenters. The van der Waals surface area contributed by atoms with Crippen molar-refractivity contribution in [3.8, 4) is 17.0 Å². The van der Waals surface area contributed by atoms with Crippen molar-refractivity contribution in [3.05, 3.63) is 35.4 Å². The van der Waals surface area contributed by atoms with Gasteiger partial charge in [0.2, 0.25) is 0 Å². The fourth-order valence-electron chi connectivity index (χ4n) is 2.82. The van der Waals surface area contributed by atoms with Crippen molar-refractivity contribution in [2.24, 2.45) is 0 Å². The van der Waals surface area contributed by atoms with E-state index in [-0.39, 0.29) is 11.4 Å². The number of nitrogen functional groups attached to an aromatic ring is 1. The molecule has 4 rings (SSSR count). The highest BCUT2D eigenvalue weighted by atomic mass is 16.5. The molecule has 0 saturated heterocycles. The van der Waals surface area contributed by atoms with Gasteiger partial charge in [-0.25, -0.2) is 0 Å². The molecule has 5 nitrogen and oxygen atoms in total. The Bertz CT molecular complexity index is 696. The Balaban J connectivity index is 1.88. The van der Waals surface area contributed by atoms with Gasteiger partial charge in [-0.15, -0.1) is 10.2 Å². The quantitative estimate of drug-likeness (QED) is 0.828. The van der Waals surface area contributed by atoms with E-state index < -0.39 is 0 Å². The molecular formula is C15H15N3O2. The van der Waals surface area contributed by atoms with E-state index in [1.807, 2.05) is 12.1 Å². The van der Waals surface area contributed by atoms with E-state index in [0.717, 1.165) is 30.4 Å². The van der Waals surface area contributed by atoms with Gasteiger partial charge in [-0.05, 0) is 25.0 Å². The molecule has 102 valence electrons. The molecule has 2 aliphatic rings. The van der Waals surface area contributed by atoms with Crippen molar-refractivity contribution in [2.75, 3.05) is 5.73 Å². The highest BCUT2D eigenvalue weighted by Gasteiger charge is 2.47. The number of hydrogen-bond acceptors (Lipinski definition) is 5. The first-order chi connectivity index (χ1) is 9.69. The van der Waals surface area contributed by atoms with Gasteiger partial charge < -0.3 is 15.6 Å². The molecule has 1 aromatic carbocycles. The van der Waals surface area contributed by atoms with Gasteiger partial charge in [0.25, 0.3) is 0 Å². The molecule has 2 heterocycles. The zero-order valence-electron chi connectivity index (χ0n) is 11.0. The van der Waals surface area contributed by atoms with Crippen LogP contribution in [0.2, 0.25) is 0 Å². The van der Waals surface area contributed by atoms with Crippen molar-refractivity contribution in [2.45, 2.75) is 31.5 Å². The zero-order chi connectivity index (χ0) is 13.7. The van der Waals surface area contributed by atoms with Crippen LogP contribution >= 0.6 is 0 Å². The number of nitrogens with zero attached hydrogens (tertiary/aromatic N) is 2. The summed E-state index contributed by atoms with van der Waals surface area (Å²) < 4.78 is 5.95. The zero-order valence-corrected chi connectivity index (χ0v) is 11.0. The smallest absolute Gasteiger partial charge is 0.149 e. The number of para-hydroxylation sites is 1. The Morgan fingerprint density at radius 1 is 1.15 bits per heavy atom. The number of benzene rings is 1. The second kappa shape index (κ2) is 3.93. The van der Waals surface area contributed by atoms with Crippen LogP contribution in [-0.2, 0) is 17.8 Å². The average molecular weight is 269 g/mol. The fourth-order valence-corrected chi connectivity index (χ4v) is 2.82. The predicted molar refractivity (Wildman–Crippen MR) is 74.0 cm³/mol. The highest BCUT2D eigenvalue weighted by molar-refractivity contribution is 5.72. The van der Waals surface area contributed by atoms with Crippen LogP contribution in [-0.4, -0.2) is 20.9 Å². The van der Waals surface area contributed by atoms with E-state index in [1.54, 1.807) is 12.1 Å². The lowest BCUT2D eigenvalue weighted by molar-refractivity contribution is 0.00833. The molecule has 2 aromatic rings. The molecule has 1 aromatic heterocycles. The Morgan fingerprint density at radius 3 is 2.70 bits per heavy atom. The molecule has 1 aliphatic carbocycles. The molecule has 1 aliphatic heterocycles. The number of phenols is 1. The van der Waals surface area contributed by atoms with Gasteiger partial charge in [0, 0.05) is 23.1 Å². The van der Waals surface area contributed by atoms with Crippen LogP contribution in [0.25, 0.3) is 11.3 Å². The molecule has 0 radical (unpaired) electrons. The van der Waals surface area contributed by atoms with Gasteiger partial charge >= 0.3 is 0 Å². The Hall–Kier alpha value is -2.14. The summed E-state index contributed by atoms with van der Waals surface area (Å²) >= 11 is 0. The maximum Gasteiger partial charge on any atom is 0.149 e. The van der Waals surface area contributed by atoms with Crippen molar-refractivity contribution in [1.82, 2.24) is 10.2 Å². The van der Waals surface area contributed by atoms with Gasteiger partial charge in [0.05, 0.1) is 12.2 Å². The van der Waals surface area contributed by atoms with Crippen molar-refractivity contribution >= 4 is 5.82 Å². The molecular weight excluding hydrogens is 254 g/mol. The van der Waals surface area contributed by atoms with Crippen LogP contribution in [0.15, 0.2) is 24.3 Å². The average Bonchev–Trinajstić information content (AvgIpc) is 3.20. The Morgan fingerprint density at radius 2 is 1.95 bits per heavy atom. The summed E-state index contributed by atoms with van der Waals surface area (Å²) in [6, 6.07) is 7.13. The predicted octanol–water partition coefficient (Wildman–Crippen LogP) is 2.04. The second-order valence-electron chi connectivity index (χ2n) is 5.56. The third kappa shape index (κ3) is 1.67. The van der Waals surface area contributed by atoms with E-state index in [4.69, 9.17) is 10.5 Å². The van der Waals surface area contributed by atoms with Crippen LogP contribution in [0, 0.1) is 0 Å². The van der Waals surface area contributed by atoms with E-state index >= 15 is 0 Å². The Kier molecular flexibility index (Phi) is 2.29.